The molecule has 0 saturated heterocycles. The van der Waals surface area contributed by atoms with Crippen molar-refractivity contribution in [1.29, 1.82) is 0 Å². The first-order valence-corrected chi connectivity index (χ1v) is 8.44. The van der Waals surface area contributed by atoms with Gasteiger partial charge in [0.1, 0.15) is 0 Å². The normalized spacial score (nSPS) is 14.4. The summed E-state index contributed by atoms with van der Waals surface area (Å²) in [7, 11) is 0. The highest BCUT2D eigenvalue weighted by Gasteiger charge is 2.36. The molecule has 24 heavy (non-hydrogen) atoms. The molecule has 0 spiro atoms. The van der Waals surface area contributed by atoms with Gasteiger partial charge in [0.2, 0.25) is 0 Å². The molecule has 124 valence electrons. The molecule has 0 heterocycles. The van der Waals surface area contributed by atoms with Crippen LogP contribution in [0.3, 0.4) is 0 Å². The Hall–Kier alpha value is -2.22. The fourth-order valence-corrected chi connectivity index (χ4v) is 4.13. The van der Waals surface area contributed by atoms with E-state index in [2.05, 4.69) is 34.6 Å². The smallest absolute Gasteiger partial charge is 0.194 e. The molecule has 0 unspecified atom stereocenters. The molecule has 0 radical (unpaired) electrons. The topological polar surface area (TPSA) is 34.1 Å². The summed E-state index contributed by atoms with van der Waals surface area (Å²) in [6.45, 7) is 10.9. The van der Waals surface area contributed by atoms with Crippen LogP contribution in [0, 0.1) is 5.41 Å². The fourth-order valence-electron chi connectivity index (χ4n) is 4.13. The van der Waals surface area contributed by atoms with Crippen LogP contribution >= 0.6 is 0 Å². The lowest BCUT2D eigenvalue weighted by Gasteiger charge is -2.35. The minimum absolute atomic E-state index is 0.0298. The summed E-state index contributed by atoms with van der Waals surface area (Å²) in [5.41, 5.74) is 3.09. The number of rotatable bonds is 2. The lowest BCUT2D eigenvalue weighted by atomic mass is 9.68. The molecule has 3 rings (SSSR count). The summed E-state index contributed by atoms with van der Waals surface area (Å²) in [6, 6.07) is 12.8. The van der Waals surface area contributed by atoms with Crippen molar-refractivity contribution in [2.45, 2.75) is 46.5 Å². The SMILES string of the molecule is CC(C)(C)CC(C)(C)c1cccc2c1C(=O)c1ccccc1C2=O. The van der Waals surface area contributed by atoms with Crippen molar-refractivity contribution in [2.24, 2.45) is 5.41 Å². The van der Waals surface area contributed by atoms with Crippen molar-refractivity contribution in [1.82, 2.24) is 0 Å². The van der Waals surface area contributed by atoms with E-state index in [-0.39, 0.29) is 22.4 Å². The van der Waals surface area contributed by atoms with E-state index in [0.717, 1.165) is 12.0 Å². The van der Waals surface area contributed by atoms with Gasteiger partial charge in [0.25, 0.3) is 0 Å². The van der Waals surface area contributed by atoms with Crippen LogP contribution in [0.2, 0.25) is 0 Å². The highest BCUT2D eigenvalue weighted by Crippen LogP contribution is 2.40. The molecule has 0 atom stereocenters. The summed E-state index contributed by atoms with van der Waals surface area (Å²) in [4.78, 5) is 26.0. The number of carbonyl (C=O) groups is 2. The Kier molecular flexibility index (Phi) is 3.75. The van der Waals surface area contributed by atoms with Crippen molar-refractivity contribution in [2.75, 3.05) is 0 Å². The summed E-state index contributed by atoms with van der Waals surface area (Å²) >= 11 is 0. The second kappa shape index (κ2) is 5.41. The summed E-state index contributed by atoms with van der Waals surface area (Å²) in [5.74, 6) is -0.0774. The molecule has 1 aliphatic rings. The zero-order valence-corrected chi connectivity index (χ0v) is 15.1. The number of hydrogen-bond acceptors (Lipinski definition) is 2. The van der Waals surface area contributed by atoms with Gasteiger partial charge >= 0.3 is 0 Å². The van der Waals surface area contributed by atoms with Gasteiger partial charge in [0.05, 0.1) is 0 Å². The number of ketones is 2. The van der Waals surface area contributed by atoms with E-state index in [1.54, 1.807) is 18.2 Å². The van der Waals surface area contributed by atoms with Crippen LogP contribution in [-0.4, -0.2) is 11.6 Å². The highest BCUT2D eigenvalue weighted by atomic mass is 16.1. The molecule has 1 aliphatic carbocycles. The third-order valence-electron chi connectivity index (χ3n) is 4.65. The molecule has 0 saturated carbocycles. The van der Waals surface area contributed by atoms with E-state index >= 15 is 0 Å². The highest BCUT2D eigenvalue weighted by molar-refractivity contribution is 6.28. The Labute approximate surface area is 143 Å². The van der Waals surface area contributed by atoms with Crippen LogP contribution in [0.5, 0.6) is 0 Å². The van der Waals surface area contributed by atoms with Crippen LogP contribution in [0.1, 0.15) is 78.4 Å². The number of benzene rings is 2. The number of carbonyl (C=O) groups excluding carboxylic acids is 2. The Morgan fingerprint density at radius 3 is 1.83 bits per heavy atom. The average molecular weight is 320 g/mol. The zero-order valence-electron chi connectivity index (χ0n) is 15.1. The molecule has 0 fully saturated rings. The van der Waals surface area contributed by atoms with Crippen molar-refractivity contribution in [3.05, 3.63) is 70.3 Å². The molecule has 2 heteroatoms. The van der Waals surface area contributed by atoms with Gasteiger partial charge in [-0.25, -0.2) is 0 Å². The number of hydrogen-bond donors (Lipinski definition) is 0. The third-order valence-corrected chi connectivity index (χ3v) is 4.65. The van der Waals surface area contributed by atoms with E-state index < -0.39 is 0 Å². The Balaban J connectivity index is 2.21. The van der Waals surface area contributed by atoms with E-state index in [1.807, 2.05) is 24.3 Å². The van der Waals surface area contributed by atoms with Gasteiger partial charge in [-0.05, 0) is 22.8 Å². The minimum atomic E-state index is -0.189. The molecule has 0 bridgehead atoms. The predicted molar refractivity (Wildman–Crippen MR) is 96.8 cm³/mol. The van der Waals surface area contributed by atoms with Gasteiger partial charge in [-0.3, -0.25) is 9.59 Å². The largest absolute Gasteiger partial charge is 0.289 e. The van der Waals surface area contributed by atoms with Gasteiger partial charge in [-0.15, -0.1) is 0 Å². The van der Waals surface area contributed by atoms with Crippen LogP contribution in [0.4, 0.5) is 0 Å². The molecular weight excluding hydrogens is 296 g/mol. The second-order valence-corrected chi connectivity index (χ2v) is 8.55. The summed E-state index contributed by atoms with van der Waals surface area (Å²) in [6.07, 6.45) is 0.930. The zero-order chi connectivity index (χ0) is 17.7. The second-order valence-electron chi connectivity index (χ2n) is 8.55. The summed E-state index contributed by atoms with van der Waals surface area (Å²) in [5, 5.41) is 0. The first kappa shape index (κ1) is 16.6. The predicted octanol–water partition coefficient (Wildman–Crippen LogP) is 5.18. The Morgan fingerprint density at radius 1 is 0.708 bits per heavy atom. The van der Waals surface area contributed by atoms with Crippen LogP contribution < -0.4 is 0 Å². The summed E-state index contributed by atoms with van der Waals surface area (Å²) < 4.78 is 0. The minimum Gasteiger partial charge on any atom is -0.289 e. The van der Waals surface area contributed by atoms with Gasteiger partial charge in [0, 0.05) is 22.3 Å². The van der Waals surface area contributed by atoms with E-state index in [0.29, 0.717) is 22.3 Å². The monoisotopic (exact) mass is 320 g/mol. The molecule has 2 aromatic carbocycles. The Bertz CT molecular complexity index is 835. The molecule has 0 N–H and O–H groups in total. The van der Waals surface area contributed by atoms with Gasteiger partial charge in [0.15, 0.2) is 11.6 Å². The molecule has 0 aliphatic heterocycles. The maximum Gasteiger partial charge on any atom is 0.194 e. The maximum absolute atomic E-state index is 13.1. The van der Waals surface area contributed by atoms with Gasteiger partial charge < -0.3 is 0 Å². The van der Waals surface area contributed by atoms with Crippen LogP contribution in [-0.2, 0) is 5.41 Å². The standard InChI is InChI=1S/C22H24O2/c1-21(2,3)13-22(4,5)17-12-8-11-16-18(17)20(24)15-10-7-6-9-14(15)19(16)23/h6-12H,13H2,1-5H3. The molecule has 0 amide bonds. The Morgan fingerprint density at radius 2 is 1.25 bits per heavy atom. The fraction of sp³-hybridized carbons (Fsp3) is 0.364. The van der Waals surface area contributed by atoms with Crippen molar-refractivity contribution >= 4 is 11.6 Å². The number of fused-ring (bicyclic) bond motifs is 2. The average Bonchev–Trinajstić information content (AvgIpc) is 2.49. The molecular formula is C22H24O2. The molecule has 2 aromatic rings. The van der Waals surface area contributed by atoms with Crippen LogP contribution in [0.25, 0.3) is 0 Å². The maximum atomic E-state index is 13.1. The van der Waals surface area contributed by atoms with Crippen molar-refractivity contribution in [3.8, 4) is 0 Å². The first-order chi connectivity index (χ1) is 11.1. The lowest BCUT2D eigenvalue weighted by molar-refractivity contribution is 0.0976. The third kappa shape index (κ3) is 2.71. The van der Waals surface area contributed by atoms with Gasteiger partial charge in [-0.2, -0.15) is 0 Å². The molecule has 0 aromatic heterocycles. The quantitative estimate of drug-likeness (QED) is 0.652. The van der Waals surface area contributed by atoms with E-state index in [4.69, 9.17) is 0 Å². The first-order valence-electron chi connectivity index (χ1n) is 8.44. The van der Waals surface area contributed by atoms with Crippen molar-refractivity contribution in [3.63, 3.8) is 0 Å². The van der Waals surface area contributed by atoms with Crippen LogP contribution in [0.15, 0.2) is 42.5 Å². The van der Waals surface area contributed by atoms with E-state index in [1.165, 1.54) is 0 Å². The van der Waals surface area contributed by atoms with Gasteiger partial charge in [-0.1, -0.05) is 77.1 Å². The lowest BCUT2D eigenvalue weighted by Crippen LogP contribution is -2.30. The molecule has 2 nitrogen and oxygen atoms in total. The van der Waals surface area contributed by atoms with Crippen molar-refractivity contribution < 1.29 is 9.59 Å². The van der Waals surface area contributed by atoms with E-state index in [9.17, 15) is 9.59 Å².